The van der Waals surface area contributed by atoms with Crippen LogP contribution in [-0.2, 0) is 10.9 Å². The molecule has 0 aliphatic carbocycles. The largest absolute Gasteiger partial charge is 0.416 e. The van der Waals surface area contributed by atoms with Gasteiger partial charge in [0.25, 0.3) is 0 Å². The van der Waals surface area contributed by atoms with Crippen LogP contribution >= 0.6 is 11.8 Å². The zero-order valence-corrected chi connectivity index (χ0v) is 19.9. The zero-order valence-electron chi connectivity index (χ0n) is 19.1. The first kappa shape index (κ1) is 24.7. The van der Waals surface area contributed by atoms with Gasteiger partial charge in [-0.1, -0.05) is 18.9 Å². The molecule has 4 nitrogen and oxygen atoms in total. The molecule has 1 aliphatic rings. The maximum absolute atomic E-state index is 12.9. The first-order chi connectivity index (χ1) is 16.5. The Kier molecular flexibility index (Phi) is 8.56. The van der Waals surface area contributed by atoms with E-state index in [9.17, 15) is 13.2 Å². The molecule has 1 saturated heterocycles. The van der Waals surface area contributed by atoms with Crippen molar-refractivity contribution < 1.29 is 17.9 Å². The molecule has 0 spiro atoms. The van der Waals surface area contributed by atoms with Crippen LogP contribution < -0.4 is 10.2 Å². The quantitative estimate of drug-likeness (QED) is 0.249. The predicted octanol–water partition coefficient (Wildman–Crippen LogP) is 6.85. The lowest BCUT2D eigenvalue weighted by Gasteiger charge is -2.28. The summed E-state index contributed by atoms with van der Waals surface area (Å²) < 4.78 is 44.2. The first-order valence-corrected chi connectivity index (χ1v) is 12.7. The second kappa shape index (κ2) is 11.8. The molecule has 3 aromatic rings. The molecule has 0 amide bonds. The van der Waals surface area contributed by atoms with Crippen molar-refractivity contribution in [3.05, 3.63) is 60.3 Å². The summed E-state index contributed by atoms with van der Waals surface area (Å²) in [5, 5.41) is 4.27. The molecular weight excluding hydrogens is 459 g/mol. The van der Waals surface area contributed by atoms with Crippen LogP contribution in [0.3, 0.4) is 0 Å². The van der Waals surface area contributed by atoms with E-state index < -0.39 is 11.7 Å². The second-order valence-corrected chi connectivity index (χ2v) is 9.51. The summed E-state index contributed by atoms with van der Waals surface area (Å²) in [6, 6.07) is 14.3. The van der Waals surface area contributed by atoms with Crippen LogP contribution in [0.15, 0.2) is 59.6 Å². The van der Waals surface area contributed by atoms with Crippen molar-refractivity contribution in [2.75, 3.05) is 48.8 Å². The lowest BCUT2D eigenvalue weighted by atomic mass is 10.1. The Morgan fingerprint density at radius 2 is 1.71 bits per heavy atom. The number of anilines is 2. The van der Waals surface area contributed by atoms with Crippen molar-refractivity contribution in [3.63, 3.8) is 0 Å². The minimum atomic E-state index is -4.35. The summed E-state index contributed by atoms with van der Waals surface area (Å²) in [7, 11) is 0. The lowest BCUT2D eigenvalue weighted by molar-refractivity contribution is -0.137. The summed E-state index contributed by atoms with van der Waals surface area (Å²) in [5.41, 5.74) is 2.13. The van der Waals surface area contributed by atoms with E-state index in [2.05, 4.69) is 39.5 Å². The highest BCUT2D eigenvalue weighted by Crippen LogP contribution is 2.34. The van der Waals surface area contributed by atoms with Crippen LogP contribution in [0.4, 0.5) is 24.5 Å². The molecule has 34 heavy (non-hydrogen) atoms. The summed E-state index contributed by atoms with van der Waals surface area (Å²) in [4.78, 5) is 7.45. The summed E-state index contributed by atoms with van der Waals surface area (Å²) in [6.07, 6.45) is 1.69. The van der Waals surface area contributed by atoms with Crippen LogP contribution in [0.2, 0.25) is 0 Å². The number of benzene rings is 2. The van der Waals surface area contributed by atoms with Crippen molar-refractivity contribution in [2.24, 2.45) is 0 Å². The standard InChI is InChI=1S/C26H30F3N3OS/c27-26(28,29)20-5-10-23-24(19-20)31-13-11-25(23)34-18-4-2-1-3-12-30-21-6-8-22(9-7-21)32-14-16-33-17-15-32/h5-11,13,19,30H,1-4,12,14-18H2. The third-order valence-corrected chi connectivity index (χ3v) is 7.09. The topological polar surface area (TPSA) is 37.4 Å². The number of ether oxygens (including phenoxy) is 1. The van der Waals surface area contributed by atoms with E-state index >= 15 is 0 Å². The average Bonchev–Trinajstić information content (AvgIpc) is 2.85. The van der Waals surface area contributed by atoms with E-state index in [1.807, 2.05) is 6.07 Å². The van der Waals surface area contributed by atoms with Crippen molar-refractivity contribution in [3.8, 4) is 0 Å². The molecule has 2 aromatic carbocycles. The van der Waals surface area contributed by atoms with Gasteiger partial charge in [0.15, 0.2) is 0 Å². The molecule has 1 fully saturated rings. The minimum Gasteiger partial charge on any atom is -0.385 e. The van der Waals surface area contributed by atoms with E-state index in [1.54, 1.807) is 18.0 Å². The number of unbranched alkanes of at least 4 members (excludes halogenated alkanes) is 3. The van der Waals surface area contributed by atoms with E-state index in [0.717, 1.165) is 92.4 Å². The van der Waals surface area contributed by atoms with E-state index in [1.165, 1.54) is 11.8 Å². The Morgan fingerprint density at radius 1 is 0.941 bits per heavy atom. The van der Waals surface area contributed by atoms with Gasteiger partial charge in [-0.2, -0.15) is 13.2 Å². The third kappa shape index (κ3) is 6.79. The fourth-order valence-corrected chi connectivity index (χ4v) is 5.08. The SMILES string of the molecule is FC(F)(F)c1ccc2c(SCCCCCCNc3ccc(N4CCOCC4)cc3)ccnc2c1. The van der Waals surface area contributed by atoms with Crippen molar-refractivity contribution in [1.29, 1.82) is 0 Å². The number of morpholine rings is 1. The summed E-state index contributed by atoms with van der Waals surface area (Å²) >= 11 is 1.69. The number of pyridine rings is 1. The number of fused-ring (bicyclic) bond motifs is 1. The maximum Gasteiger partial charge on any atom is 0.416 e. The van der Waals surface area contributed by atoms with Gasteiger partial charge in [0.1, 0.15) is 0 Å². The highest BCUT2D eigenvalue weighted by atomic mass is 32.2. The molecule has 0 saturated carbocycles. The molecule has 4 rings (SSSR count). The highest BCUT2D eigenvalue weighted by Gasteiger charge is 2.30. The van der Waals surface area contributed by atoms with Gasteiger partial charge in [-0.3, -0.25) is 4.98 Å². The molecular formula is C26H30F3N3OS. The molecule has 0 atom stereocenters. The predicted molar refractivity (Wildman–Crippen MR) is 134 cm³/mol. The number of alkyl halides is 3. The normalized spacial score (nSPS) is 14.5. The molecule has 8 heteroatoms. The Balaban J connectivity index is 1.13. The van der Waals surface area contributed by atoms with Gasteiger partial charge in [0, 0.05) is 47.5 Å². The number of hydrogen-bond donors (Lipinski definition) is 1. The monoisotopic (exact) mass is 489 g/mol. The van der Waals surface area contributed by atoms with Gasteiger partial charge in [0.05, 0.1) is 24.3 Å². The molecule has 2 heterocycles. The molecule has 0 radical (unpaired) electrons. The van der Waals surface area contributed by atoms with Crippen molar-refractivity contribution in [1.82, 2.24) is 4.98 Å². The maximum atomic E-state index is 12.9. The van der Waals surface area contributed by atoms with Crippen LogP contribution in [-0.4, -0.2) is 43.6 Å². The van der Waals surface area contributed by atoms with Crippen LogP contribution in [0.25, 0.3) is 10.9 Å². The number of rotatable bonds is 10. The molecule has 1 N–H and O–H groups in total. The zero-order chi connectivity index (χ0) is 23.8. The smallest absolute Gasteiger partial charge is 0.385 e. The number of nitrogens with zero attached hydrogens (tertiary/aromatic N) is 2. The fourth-order valence-electron chi connectivity index (χ4n) is 4.03. The van der Waals surface area contributed by atoms with Crippen molar-refractivity contribution >= 4 is 34.0 Å². The number of nitrogens with one attached hydrogen (secondary N) is 1. The molecule has 182 valence electrons. The van der Waals surface area contributed by atoms with Crippen LogP contribution in [0.1, 0.15) is 31.2 Å². The highest BCUT2D eigenvalue weighted by molar-refractivity contribution is 7.99. The molecule has 1 aromatic heterocycles. The average molecular weight is 490 g/mol. The van der Waals surface area contributed by atoms with Gasteiger partial charge in [-0.05, 0) is 61.1 Å². The van der Waals surface area contributed by atoms with Crippen molar-refractivity contribution in [2.45, 2.75) is 36.8 Å². The van der Waals surface area contributed by atoms with Gasteiger partial charge in [0.2, 0.25) is 0 Å². The van der Waals surface area contributed by atoms with Gasteiger partial charge in [-0.15, -0.1) is 11.8 Å². The first-order valence-electron chi connectivity index (χ1n) is 11.8. The second-order valence-electron chi connectivity index (χ2n) is 8.37. The molecule has 0 bridgehead atoms. The Labute approximate surface area is 202 Å². The third-order valence-electron chi connectivity index (χ3n) is 5.93. The number of halogens is 3. The Hall–Kier alpha value is -2.45. The van der Waals surface area contributed by atoms with Gasteiger partial charge < -0.3 is 15.0 Å². The van der Waals surface area contributed by atoms with Crippen LogP contribution in [0, 0.1) is 0 Å². The van der Waals surface area contributed by atoms with E-state index in [4.69, 9.17) is 4.74 Å². The lowest BCUT2D eigenvalue weighted by Crippen LogP contribution is -2.36. The van der Waals surface area contributed by atoms with Gasteiger partial charge >= 0.3 is 6.18 Å². The van der Waals surface area contributed by atoms with E-state index in [0.29, 0.717) is 5.52 Å². The molecule has 1 aliphatic heterocycles. The number of hydrogen-bond acceptors (Lipinski definition) is 5. The van der Waals surface area contributed by atoms with Gasteiger partial charge in [-0.25, -0.2) is 0 Å². The fraction of sp³-hybridized carbons (Fsp3) is 0.423. The summed E-state index contributed by atoms with van der Waals surface area (Å²) in [6.45, 7) is 4.42. The molecule has 0 unspecified atom stereocenters. The Bertz CT molecular complexity index is 1050. The van der Waals surface area contributed by atoms with Crippen LogP contribution in [0.5, 0.6) is 0 Å². The number of aromatic nitrogens is 1. The number of thioether (sulfide) groups is 1. The Morgan fingerprint density at radius 3 is 2.47 bits per heavy atom. The summed E-state index contributed by atoms with van der Waals surface area (Å²) in [5.74, 6) is 0.941. The minimum absolute atomic E-state index is 0.392. The van der Waals surface area contributed by atoms with E-state index in [-0.39, 0.29) is 0 Å².